The van der Waals surface area contributed by atoms with Crippen molar-refractivity contribution >= 4 is 46.1 Å². The fourth-order valence-electron chi connectivity index (χ4n) is 1.74. The summed E-state index contributed by atoms with van der Waals surface area (Å²) in [6.45, 7) is 1.80. The Morgan fingerprint density at radius 2 is 2.04 bits per heavy atom. The standard InChI is InChI=1S/C16H17N3O6S2/c1-3-24-13(21)9-26-16-19-18-15(27-16)17-14(22)10-5-4-6-11(7-10)25-8-12(20)23-2/h4-7H,3,8-9H2,1-2H3,(H,17,18,22). The van der Waals surface area contributed by atoms with E-state index in [2.05, 4.69) is 20.3 Å². The lowest BCUT2D eigenvalue weighted by molar-refractivity contribution is -0.143. The molecule has 1 aromatic carbocycles. The van der Waals surface area contributed by atoms with Crippen LogP contribution in [0.1, 0.15) is 17.3 Å². The van der Waals surface area contributed by atoms with Gasteiger partial charge in [0.05, 0.1) is 19.5 Å². The highest BCUT2D eigenvalue weighted by atomic mass is 32.2. The van der Waals surface area contributed by atoms with Crippen molar-refractivity contribution in [1.29, 1.82) is 0 Å². The molecule has 0 aliphatic rings. The molecule has 1 amide bonds. The molecule has 2 aromatic rings. The van der Waals surface area contributed by atoms with Gasteiger partial charge in [-0.2, -0.15) is 0 Å². The summed E-state index contributed by atoms with van der Waals surface area (Å²) in [7, 11) is 1.26. The zero-order valence-corrected chi connectivity index (χ0v) is 16.2. The van der Waals surface area contributed by atoms with Crippen LogP contribution in [-0.2, 0) is 19.1 Å². The second kappa shape index (κ2) is 10.5. The first-order chi connectivity index (χ1) is 13.0. The molecule has 144 valence electrons. The van der Waals surface area contributed by atoms with E-state index in [-0.39, 0.29) is 18.3 Å². The molecule has 2 rings (SSSR count). The van der Waals surface area contributed by atoms with Gasteiger partial charge >= 0.3 is 11.9 Å². The number of amides is 1. The molecule has 0 fully saturated rings. The molecule has 11 heteroatoms. The summed E-state index contributed by atoms with van der Waals surface area (Å²) in [4.78, 5) is 34.8. The van der Waals surface area contributed by atoms with E-state index in [1.54, 1.807) is 25.1 Å². The maximum absolute atomic E-state index is 12.3. The zero-order chi connectivity index (χ0) is 19.6. The van der Waals surface area contributed by atoms with Gasteiger partial charge in [0, 0.05) is 5.56 Å². The van der Waals surface area contributed by atoms with Crippen LogP contribution in [0.5, 0.6) is 5.75 Å². The molecular formula is C16H17N3O6S2. The summed E-state index contributed by atoms with van der Waals surface area (Å²) < 4.78 is 15.1. The SMILES string of the molecule is CCOC(=O)CSc1nnc(NC(=O)c2cccc(OCC(=O)OC)c2)s1. The molecule has 0 bridgehead atoms. The molecule has 0 unspecified atom stereocenters. The number of hydrogen-bond donors (Lipinski definition) is 1. The van der Waals surface area contributed by atoms with Gasteiger partial charge in [-0.3, -0.25) is 14.9 Å². The van der Waals surface area contributed by atoms with Gasteiger partial charge in [0.25, 0.3) is 5.91 Å². The van der Waals surface area contributed by atoms with Crippen molar-refractivity contribution < 1.29 is 28.6 Å². The van der Waals surface area contributed by atoms with Gasteiger partial charge in [-0.15, -0.1) is 10.2 Å². The number of thioether (sulfide) groups is 1. The number of ether oxygens (including phenoxy) is 3. The second-order valence-electron chi connectivity index (χ2n) is 4.81. The number of hydrogen-bond acceptors (Lipinski definition) is 10. The van der Waals surface area contributed by atoms with Crippen LogP contribution in [0.4, 0.5) is 5.13 Å². The lowest BCUT2D eigenvalue weighted by Gasteiger charge is -2.06. The predicted molar refractivity (Wildman–Crippen MR) is 99.2 cm³/mol. The quantitative estimate of drug-likeness (QED) is 0.375. The van der Waals surface area contributed by atoms with E-state index >= 15 is 0 Å². The Bertz CT molecular complexity index is 811. The predicted octanol–water partition coefficient (Wildman–Crippen LogP) is 2.00. The minimum atomic E-state index is -0.522. The van der Waals surface area contributed by atoms with E-state index in [0.29, 0.717) is 27.4 Å². The van der Waals surface area contributed by atoms with Crippen LogP contribution in [0.25, 0.3) is 0 Å². The Labute approximate surface area is 163 Å². The van der Waals surface area contributed by atoms with E-state index in [4.69, 9.17) is 9.47 Å². The largest absolute Gasteiger partial charge is 0.482 e. The first-order valence-electron chi connectivity index (χ1n) is 7.74. The first kappa shape index (κ1) is 20.6. The monoisotopic (exact) mass is 411 g/mol. The summed E-state index contributed by atoms with van der Waals surface area (Å²) in [5.74, 6) is -0.790. The van der Waals surface area contributed by atoms with Gasteiger partial charge in [0.2, 0.25) is 5.13 Å². The smallest absolute Gasteiger partial charge is 0.343 e. The molecule has 0 aliphatic heterocycles. The third-order valence-corrected chi connectivity index (χ3v) is 4.87. The molecular weight excluding hydrogens is 394 g/mol. The van der Waals surface area contributed by atoms with Crippen LogP contribution in [0.2, 0.25) is 0 Å². The Balaban J connectivity index is 1.91. The van der Waals surface area contributed by atoms with Gasteiger partial charge in [-0.1, -0.05) is 29.2 Å². The fraction of sp³-hybridized carbons (Fsp3) is 0.312. The van der Waals surface area contributed by atoms with Crippen LogP contribution in [0.15, 0.2) is 28.6 Å². The van der Waals surface area contributed by atoms with E-state index in [0.717, 1.165) is 11.3 Å². The minimum Gasteiger partial charge on any atom is -0.482 e. The van der Waals surface area contributed by atoms with Crippen molar-refractivity contribution in [2.24, 2.45) is 0 Å². The molecule has 1 heterocycles. The molecule has 1 aromatic heterocycles. The number of rotatable bonds is 9. The highest BCUT2D eigenvalue weighted by Gasteiger charge is 2.13. The lowest BCUT2D eigenvalue weighted by Crippen LogP contribution is -2.14. The van der Waals surface area contributed by atoms with E-state index in [9.17, 15) is 14.4 Å². The number of carbonyl (C=O) groups excluding carboxylic acids is 3. The summed E-state index contributed by atoms with van der Waals surface area (Å²) in [6, 6.07) is 6.34. The number of anilines is 1. The number of nitrogens with zero attached hydrogens (tertiary/aromatic N) is 2. The number of methoxy groups -OCH3 is 1. The minimum absolute atomic E-state index is 0.121. The number of aromatic nitrogens is 2. The maximum atomic E-state index is 12.3. The Morgan fingerprint density at radius 3 is 2.78 bits per heavy atom. The van der Waals surface area contributed by atoms with Crippen LogP contribution in [-0.4, -0.2) is 54.1 Å². The van der Waals surface area contributed by atoms with Crippen LogP contribution >= 0.6 is 23.1 Å². The average molecular weight is 411 g/mol. The Kier molecular flexibility index (Phi) is 8.01. The van der Waals surface area contributed by atoms with Crippen molar-refractivity contribution in [3.05, 3.63) is 29.8 Å². The highest BCUT2D eigenvalue weighted by molar-refractivity contribution is 8.01. The van der Waals surface area contributed by atoms with Crippen molar-refractivity contribution in [1.82, 2.24) is 10.2 Å². The van der Waals surface area contributed by atoms with Crippen molar-refractivity contribution in [3.63, 3.8) is 0 Å². The number of benzene rings is 1. The summed E-state index contributed by atoms with van der Waals surface area (Å²) in [5, 5.41) is 10.7. The third kappa shape index (κ3) is 6.87. The lowest BCUT2D eigenvalue weighted by atomic mass is 10.2. The topological polar surface area (TPSA) is 117 Å². The molecule has 0 aliphatic carbocycles. The van der Waals surface area contributed by atoms with Crippen LogP contribution < -0.4 is 10.1 Å². The number of esters is 2. The molecule has 27 heavy (non-hydrogen) atoms. The molecule has 9 nitrogen and oxygen atoms in total. The van der Waals surface area contributed by atoms with Crippen molar-refractivity contribution in [3.8, 4) is 5.75 Å². The van der Waals surface area contributed by atoms with Crippen LogP contribution in [0, 0.1) is 0 Å². The van der Waals surface area contributed by atoms with Gasteiger partial charge in [-0.25, -0.2) is 4.79 Å². The maximum Gasteiger partial charge on any atom is 0.343 e. The number of nitrogens with one attached hydrogen (secondary N) is 1. The normalized spacial score (nSPS) is 10.1. The fourth-order valence-corrected chi connectivity index (χ4v) is 3.28. The van der Waals surface area contributed by atoms with Crippen molar-refractivity contribution in [2.75, 3.05) is 31.4 Å². The van der Waals surface area contributed by atoms with E-state index in [1.807, 2.05) is 0 Å². The molecule has 0 radical (unpaired) electrons. The van der Waals surface area contributed by atoms with E-state index < -0.39 is 11.9 Å². The number of carbonyl (C=O) groups is 3. The summed E-state index contributed by atoms with van der Waals surface area (Å²) in [6.07, 6.45) is 0. The molecule has 0 atom stereocenters. The molecule has 1 N–H and O–H groups in total. The first-order valence-corrected chi connectivity index (χ1v) is 9.55. The average Bonchev–Trinajstić information content (AvgIpc) is 3.12. The zero-order valence-electron chi connectivity index (χ0n) is 14.6. The van der Waals surface area contributed by atoms with Crippen molar-refractivity contribution in [2.45, 2.75) is 11.3 Å². The van der Waals surface area contributed by atoms with Gasteiger partial charge < -0.3 is 14.2 Å². The Morgan fingerprint density at radius 1 is 1.22 bits per heavy atom. The van der Waals surface area contributed by atoms with Crippen LogP contribution in [0.3, 0.4) is 0 Å². The third-order valence-electron chi connectivity index (χ3n) is 2.93. The highest BCUT2D eigenvalue weighted by Crippen LogP contribution is 2.26. The summed E-state index contributed by atoms with van der Waals surface area (Å²) in [5.41, 5.74) is 0.327. The Hall–Kier alpha value is -2.66. The van der Waals surface area contributed by atoms with Gasteiger partial charge in [-0.05, 0) is 25.1 Å². The molecule has 0 spiro atoms. The van der Waals surface area contributed by atoms with Gasteiger partial charge in [0.1, 0.15) is 5.75 Å². The molecule has 0 saturated heterocycles. The van der Waals surface area contributed by atoms with E-state index in [1.165, 1.54) is 24.9 Å². The summed E-state index contributed by atoms with van der Waals surface area (Å²) >= 11 is 2.33. The van der Waals surface area contributed by atoms with Gasteiger partial charge in [0.15, 0.2) is 10.9 Å². The molecule has 0 saturated carbocycles. The second-order valence-corrected chi connectivity index (χ2v) is 7.01.